The molecular weight excluding hydrogens is 534 g/mol. The highest BCUT2D eigenvalue weighted by Gasteiger charge is 2.37. The molecule has 4 rings (SSSR count). The first kappa shape index (κ1) is 27.6. The molecule has 0 bridgehead atoms. The molecule has 1 aliphatic rings. The van der Waals surface area contributed by atoms with Gasteiger partial charge >= 0.3 is 16.5 Å². The van der Waals surface area contributed by atoms with Crippen molar-refractivity contribution in [3.8, 4) is 0 Å². The van der Waals surface area contributed by atoms with E-state index >= 15 is 0 Å². The number of carbonyl (C=O) groups is 1. The molecule has 15 heteroatoms. The molecule has 0 radical (unpaired) electrons. The summed E-state index contributed by atoms with van der Waals surface area (Å²) in [6.07, 6.45) is -2.43. The number of aliphatic hydroxyl groups excluding tert-OH is 1. The zero-order valence-corrected chi connectivity index (χ0v) is 20.6. The maximum atomic E-state index is 13.6. The van der Waals surface area contributed by atoms with Gasteiger partial charge in [0.15, 0.2) is 0 Å². The fourth-order valence-corrected chi connectivity index (χ4v) is 4.74. The molecule has 204 valence electrons. The fraction of sp³-hybridized carbons (Fsp3) is 0.348. The summed E-state index contributed by atoms with van der Waals surface area (Å²) >= 11 is 0. The van der Waals surface area contributed by atoms with Crippen molar-refractivity contribution in [2.24, 2.45) is 0 Å². The first-order valence-electron chi connectivity index (χ1n) is 11.3. The Morgan fingerprint density at radius 2 is 2.00 bits per heavy atom. The molecule has 38 heavy (non-hydrogen) atoms. The van der Waals surface area contributed by atoms with Crippen molar-refractivity contribution in [1.29, 1.82) is 0 Å². The largest absolute Gasteiger partial charge is 0.419 e. The van der Waals surface area contributed by atoms with E-state index in [1.54, 1.807) is 0 Å². The number of hydrogen-bond donors (Lipinski definition) is 3. The predicted molar refractivity (Wildman–Crippen MR) is 126 cm³/mol. The molecule has 0 saturated heterocycles. The van der Waals surface area contributed by atoms with Gasteiger partial charge in [-0.15, -0.1) is 0 Å². The second kappa shape index (κ2) is 10.8. The highest BCUT2D eigenvalue weighted by atomic mass is 32.2. The minimum atomic E-state index is -4.85. The summed E-state index contributed by atoms with van der Waals surface area (Å²) < 4.78 is 84.2. The Morgan fingerprint density at radius 1 is 1.24 bits per heavy atom. The molecule has 3 N–H and O–H groups in total. The first-order valence-corrected chi connectivity index (χ1v) is 12.7. The Balaban J connectivity index is 1.48. The molecule has 3 atom stereocenters. The Hall–Kier alpha value is -3.40. The van der Waals surface area contributed by atoms with Crippen molar-refractivity contribution in [1.82, 2.24) is 19.5 Å². The Kier molecular flexibility index (Phi) is 7.83. The molecule has 0 unspecified atom stereocenters. The number of rotatable bonds is 9. The van der Waals surface area contributed by atoms with Crippen molar-refractivity contribution in [2.75, 3.05) is 12.4 Å². The van der Waals surface area contributed by atoms with Crippen LogP contribution in [0.4, 0.5) is 23.2 Å². The summed E-state index contributed by atoms with van der Waals surface area (Å²) in [6, 6.07) is 5.12. The number of aliphatic hydroxyl groups is 1. The maximum absolute atomic E-state index is 13.6. The molecular formula is C23H23F4N5O5S. The van der Waals surface area contributed by atoms with Gasteiger partial charge in [0.2, 0.25) is 5.78 Å². The number of halogens is 4. The van der Waals surface area contributed by atoms with Gasteiger partial charge in [0.05, 0.1) is 23.8 Å². The number of benzene rings is 1. The molecule has 1 saturated carbocycles. The van der Waals surface area contributed by atoms with Crippen LogP contribution in [-0.4, -0.2) is 59.4 Å². The van der Waals surface area contributed by atoms with Crippen LogP contribution in [0.1, 0.15) is 40.0 Å². The molecule has 10 nitrogen and oxygen atoms in total. The molecule has 0 spiro atoms. The number of aromatic nitrogens is 3. The molecule has 0 amide bonds. The lowest BCUT2D eigenvalue weighted by atomic mass is 10.1. The number of nitrogens with one attached hydrogen (secondary N) is 2. The summed E-state index contributed by atoms with van der Waals surface area (Å²) in [5.41, 5.74) is -0.756. The van der Waals surface area contributed by atoms with Gasteiger partial charge in [-0.2, -0.15) is 31.4 Å². The molecule has 1 fully saturated rings. The van der Waals surface area contributed by atoms with Gasteiger partial charge in [-0.3, -0.25) is 18.6 Å². The first-order chi connectivity index (χ1) is 17.9. The molecule has 2 aromatic heterocycles. The van der Waals surface area contributed by atoms with Crippen LogP contribution in [-0.2, 0) is 27.2 Å². The molecule has 0 aliphatic heterocycles. The Morgan fingerprint density at radius 3 is 2.71 bits per heavy atom. The van der Waals surface area contributed by atoms with E-state index in [9.17, 15) is 35.9 Å². The second-order valence-corrected chi connectivity index (χ2v) is 10.1. The van der Waals surface area contributed by atoms with E-state index in [4.69, 9.17) is 4.18 Å². The van der Waals surface area contributed by atoms with Crippen molar-refractivity contribution in [3.63, 3.8) is 0 Å². The second-order valence-electron chi connectivity index (χ2n) is 8.63. The van der Waals surface area contributed by atoms with Crippen LogP contribution in [0.25, 0.3) is 0 Å². The van der Waals surface area contributed by atoms with Crippen molar-refractivity contribution in [3.05, 3.63) is 77.1 Å². The van der Waals surface area contributed by atoms with E-state index in [-0.39, 0.29) is 36.2 Å². The average molecular weight is 558 g/mol. The number of carbonyl (C=O) groups excluding carboxylic acids is 1. The molecule has 2 heterocycles. The van der Waals surface area contributed by atoms with Gasteiger partial charge in [-0.05, 0) is 42.7 Å². The lowest BCUT2D eigenvalue weighted by Crippen LogP contribution is -2.31. The summed E-state index contributed by atoms with van der Waals surface area (Å²) in [6.45, 7) is -0.133. The zero-order valence-electron chi connectivity index (χ0n) is 19.8. The summed E-state index contributed by atoms with van der Waals surface area (Å²) in [5, 5.41) is 17.5. The Bertz CT molecular complexity index is 1430. The highest BCUT2D eigenvalue weighted by Crippen LogP contribution is 2.32. The van der Waals surface area contributed by atoms with Crippen LogP contribution < -0.4 is 10.0 Å². The third-order valence-corrected chi connectivity index (χ3v) is 6.95. The van der Waals surface area contributed by atoms with Crippen LogP contribution in [0.15, 0.2) is 48.9 Å². The van der Waals surface area contributed by atoms with Gasteiger partial charge < -0.3 is 10.4 Å². The van der Waals surface area contributed by atoms with E-state index in [0.717, 1.165) is 6.07 Å². The Labute approximate surface area is 214 Å². The van der Waals surface area contributed by atoms with E-state index in [1.807, 2.05) is 4.72 Å². The van der Waals surface area contributed by atoms with Gasteiger partial charge in [0.25, 0.3) is 0 Å². The van der Waals surface area contributed by atoms with Gasteiger partial charge in [-0.1, -0.05) is 6.07 Å². The van der Waals surface area contributed by atoms with Crippen molar-refractivity contribution >= 4 is 21.8 Å². The lowest BCUT2D eigenvalue weighted by Gasteiger charge is -2.16. The smallest absolute Gasteiger partial charge is 0.390 e. The van der Waals surface area contributed by atoms with E-state index in [0.29, 0.717) is 11.8 Å². The molecule has 3 aromatic rings. The number of alkyl halides is 3. The minimum Gasteiger partial charge on any atom is -0.390 e. The van der Waals surface area contributed by atoms with Crippen LogP contribution in [0.5, 0.6) is 0 Å². The summed E-state index contributed by atoms with van der Waals surface area (Å²) in [4.78, 5) is 17.1. The number of ketones is 1. The van der Waals surface area contributed by atoms with E-state index in [1.165, 1.54) is 48.5 Å². The maximum Gasteiger partial charge on any atom is 0.419 e. The topological polar surface area (TPSA) is 135 Å². The fourth-order valence-electron chi connectivity index (χ4n) is 4.11. The number of pyridine rings is 1. The van der Waals surface area contributed by atoms with Crippen LogP contribution in [0, 0.1) is 5.82 Å². The third kappa shape index (κ3) is 6.35. The van der Waals surface area contributed by atoms with Gasteiger partial charge in [0, 0.05) is 37.4 Å². The highest BCUT2D eigenvalue weighted by molar-refractivity contribution is 7.84. The SMILES string of the molecule is CNS(=O)(=O)O[C@@H]1C[C@H](Nc2ccncc2C(=O)c2ccn(Cc3ccc(F)c(C(F)(F)F)c3)n2)C[C@@H]1O. The number of hydrogen-bond acceptors (Lipinski definition) is 8. The van der Waals surface area contributed by atoms with E-state index in [2.05, 4.69) is 15.4 Å². The van der Waals surface area contributed by atoms with Crippen LogP contribution >= 0.6 is 0 Å². The monoisotopic (exact) mass is 557 g/mol. The predicted octanol–water partition coefficient (Wildman–Crippen LogP) is 2.50. The summed E-state index contributed by atoms with van der Waals surface area (Å²) in [5.74, 6) is -1.91. The number of nitrogens with zero attached hydrogens (tertiary/aromatic N) is 3. The average Bonchev–Trinajstić information content (AvgIpc) is 3.45. The zero-order chi connectivity index (χ0) is 27.7. The van der Waals surface area contributed by atoms with Crippen LogP contribution in [0.2, 0.25) is 0 Å². The normalized spacial score (nSPS) is 20.0. The standard InChI is InChI=1S/C23H23F4N5O5S/c1-28-38(35,36)37-21-10-14(9-20(21)33)30-18-4-6-29-11-15(18)22(34)19-5-7-32(31-19)12-13-2-3-17(24)16(8-13)23(25,26)27/h2-8,11,14,20-21,28,33H,9-10,12H2,1H3,(H,29,30)/t14-,20+,21-/m1/s1. The number of anilines is 1. The third-order valence-electron chi connectivity index (χ3n) is 5.95. The minimum absolute atomic E-state index is 0.00742. The van der Waals surface area contributed by atoms with Crippen LogP contribution in [0.3, 0.4) is 0 Å². The van der Waals surface area contributed by atoms with E-state index < -0.39 is 51.9 Å². The molecule has 1 aromatic carbocycles. The lowest BCUT2D eigenvalue weighted by molar-refractivity contribution is -0.140. The van der Waals surface area contributed by atoms with Crippen molar-refractivity contribution < 1.29 is 40.1 Å². The van der Waals surface area contributed by atoms with Crippen molar-refractivity contribution in [2.45, 2.75) is 43.8 Å². The quantitative estimate of drug-likeness (QED) is 0.270. The molecule has 1 aliphatic carbocycles. The van der Waals surface area contributed by atoms with Gasteiger partial charge in [0.1, 0.15) is 17.6 Å². The van der Waals surface area contributed by atoms with Gasteiger partial charge in [-0.25, -0.2) is 4.39 Å². The summed E-state index contributed by atoms with van der Waals surface area (Å²) in [7, 11) is -2.83.